The van der Waals surface area contributed by atoms with Crippen LogP contribution in [0.2, 0.25) is 0 Å². The van der Waals surface area contributed by atoms with E-state index in [1.165, 1.54) is 0 Å². The molecule has 0 atom stereocenters. The number of rotatable bonds is 4. The minimum absolute atomic E-state index is 0.181. The molecule has 0 aliphatic rings. The molecule has 4 rings (SSSR count). The van der Waals surface area contributed by atoms with Gasteiger partial charge in [-0.05, 0) is 25.1 Å². The third-order valence-electron chi connectivity index (χ3n) is 4.02. The lowest BCUT2D eigenvalue weighted by Crippen LogP contribution is -1.92. The molecule has 2 aromatic carbocycles. The number of nitrogens with zero attached hydrogens (tertiary/aromatic N) is 5. The van der Waals surface area contributed by atoms with Crippen molar-refractivity contribution in [3.05, 3.63) is 84.0 Å². The van der Waals surface area contributed by atoms with Crippen LogP contribution in [0.1, 0.15) is 17.0 Å². The summed E-state index contributed by atoms with van der Waals surface area (Å²) < 4.78 is 7.03. The molecule has 0 bridgehead atoms. The molecule has 0 fully saturated rings. The molecule has 0 saturated heterocycles. The predicted octanol–water partition coefficient (Wildman–Crippen LogP) is 4.29. The number of benzene rings is 2. The number of para-hydroxylation sites is 1. The van der Waals surface area contributed by atoms with Gasteiger partial charge in [-0.25, -0.2) is 4.68 Å². The zero-order chi connectivity index (χ0) is 18.6. The Balaban J connectivity index is 1.62. The fraction of sp³-hybridized carbons (Fsp3) is 0.0476. The number of aromatic nitrogens is 4. The molecule has 0 amide bonds. The standard InChI is InChI=1S/C21H15N5O/c1-15-7-9-17(10-8-15)20-24-21(27-25-20)18(12-22)11-16-13-23-26(14-16)19-5-3-2-4-6-19/h2-11,13-14H,1H3/b18-11+. The molecule has 6 heteroatoms. The molecular weight excluding hydrogens is 338 g/mol. The van der Waals surface area contributed by atoms with Crippen molar-refractivity contribution in [2.45, 2.75) is 6.92 Å². The highest BCUT2D eigenvalue weighted by atomic mass is 16.5. The van der Waals surface area contributed by atoms with E-state index in [1.54, 1.807) is 17.0 Å². The van der Waals surface area contributed by atoms with E-state index >= 15 is 0 Å². The molecule has 0 N–H and O–H groups in total. The van der Waals surface area contributed by atoms with Crippen LogP contribution < -0.4 is 0 Å². The lowest BCUT2D eigenvalue weighted by molar-refractivity contribution is 0.409. The maximum atomic E-state index is 9.51. The van der Waals surface area contributed by atoms with Crippen LogP contribution in [0.3, 0.4) is 0 Å². The van der Waals surface area contributed by atoms with E-state index in [1.807, 2.05) is 67.7 Å². The van der Waals surface area contributed by atoms with Crippen molar-refractivity contribution in [2.24, 2.45) is 0 Å². The van der Waals surface area contributed by atoms with E-state index in [0.29, 0.717) is 5.82 Å². The molecule has 0 aliphatic heterocycles. The fourth-order valence-electron chi connectivity index (χ4n) is 2.59. The summed E-state index contributed by atoms with van der Waals surface area (Å²) in [4.78, 5) is 4.35. The summed E-state index contributed by atoms with van der Waals surface area (Å²) in [6.45, 7) is 2.01. The highest BCUT2D eigenvalue weighted by molar-refractivity contribution is 5.86. The number of aryl methyl sites for hydroxylation is 1. The SMILES string of the molecule is Cc1ccc(-c2noc(/C(C#N)=C/c3cnn(-c4ccccc4)c3)n2)cc1. The van der Waals surface area contributed by atoms with E-state index in [2.05, 4.69) is 21.3 Å². The van der Waals surface area contributed by atoms with E-state index in [0.717, 1.165) is 22.4 Å². The number of hydrogen-bond acceptors (Lipinski definition) is 5. The zero-order valence-corrected chi connectivity index (χ0v) is 14.6. The Morgan fingerprint density at radius 1 is 1.11 bits per heavy atom. The minimum atomic E-state index is 0.181. The van der Waals surface area contributed by atoms with Gasteiger partial charge in [0, 0.05) is 17.3 Å². The molecule has 2 aromatic heterocycles. The van der Waals surface area contributed by atoms with Gasteiger partial charge in [-0.3, -0.25) is 0 Å². The maximum Gasteiger partial charge on any atom is 0.268 e. The van der Waals surface area contributed by atoms with Crippen molar-refractivity contribution in [2.75, 3.05) is 0 Å². The van der Waals surface area contributed by atoms with Crippen LogP contribution in [0.4, 0.5) is 0 Å². The summed E-state index contributed by atoms with van der Waals surface area (Å²) in [5, 5.41) is 17.8. The summed E-state index contributed by atoms with van der Waals surface area (Å²) in [6.07, 6.45) is 5.20. The topological polar surface area (TPSA) is 80.5 Å². The molecule has 6 nitrogen and oxygen atoms in total. The van der Waals surface area contributed by atoms with Gasteiger partial charge in [-0.15, -0.1) is 0 Å². The first-order valence-corrected chi connectivity index (χ1v) is 8.36. The molecule has 0 radical (unpaired) electrons. The van der Waals surface area contributed by atoms with Gasteiger partial charge in [0.1, 0.15) is 11.6 Å². The van der Waals surface area contributed by atoms with Crippen LogP contribution in [-0.2, 0) is 0 Å². The highest BCUT2D eigenvalue weighted by Gasteiger charge is 2.13. The Hall–Kier alpha value is -3.98. The first-order chi connectivity index (χ1) is 13.2. The van der Waals surface area contributed by atoms with Crippen molar-refractivity contribution in [3.63, 3.8) is 0 Å². The third kappa shape index (κ3) is 3.53. The lowest BCUT2D eigenvalue weighted by atomic mass is 10.1. The lowest BCUT2D eigenvalue weighted by Gasteiger charge is -1.98. The van der Waals surface area contributed by atoms with Crippen LogP contribution >= 0.6 is 0 Å². The van der Waals surface area contributed by atoms with Gasteiger partial charge in [0.05, 0.1) is 11.9 Å². The van der Waals surface area contributed by atoms with Crippen LogP contribution in [0.15, 0.2) is 71.5 Å². The molecule has 0 saturated carbocycles. The Morgan fingerprint density at radius 3 is 2.63 bits per heavy atom. The molecule has 0 spiro atoms. The molecule has 2 heterocycles. The van der Waals surface area contributed by atoms with Crippen LogP contribution in [0, 0.1) is 18.3 Å². The normalized spacial score (nSPS) is 11.3. The van der Waals surface area contributed by atoms with Crippen molar-refractivity contribution in [1.82, 2.24) is 19.9 Å². The molecule has 27 heavy (non-hydrogen) atoms. The van der Waals surface area contributed by atoms with Crippen molar-refractivity contribution in [3.8, 4) is 23.1 Å². The molecule has 0 unspecified atom stereocenters. The summed E-state index contributed by atoms with van der Waals surface area (Å²) >= 11 is 0. The molecule has 0 aliphatic carbocycles. The average Bonchev–Trinajstić information content (AvgIpc) is 3.37. The van der Waals surface area contributed by atoms with Gasteiger partial charge >= 0.3 is 0 Å². The first kappa shape index (κ1) is 16.5. The van der Waals surface area contributed by atoms with E-state index in [9.17, 15) is 5.26 Å². The van der Waals surface area contributed by atoms with Crippen molar-refractivity contribution in [1.29, 1.82) is 5.26 Å². The minimum Gasteiger partial charge on any atom is -0.333 e. The fourth-order valence-corrected chi connectivity index (χ4v) is 2.59. The largest absolute Gasteiger partial charge is 0.333 e. The second kappa shape index (κ2) is 7.10. The summed E-state index contributed by atoms with van der Waals surface area (Å²) in [6, 6.07) is 19.7. The second-order valence-electron chi connectivity index (χ2n) is 6.01. The Bertz CT molecular complexity index is 1130. The van der Waals surface area contributed by atoms with E-state index in [-0.39, 0.29) is 11.5 Å². The van der Waals surface area contributed by atoms with E-state index < -0.39 is 0 Å². The maximum absolute atomic E-state index is 9.51. The molecular formula is C21H15N5O. The quantitative estimate of drug-likeness (QED) is 0.511. The van der Waals surface area contributed by atoms with Gasteiger partial charge in [-0.2, -0.15) is 15.3 Å². The summed E-state index contributed by atoms with van der Waals surface area (Å²) in [5.41, 5.74) is 3.98. The van der Waals surface area contributed by atoms with Crippen molar-refractivity contribution < 1.29 is 4.52 Å². The first-order valence-electron chi connectivity index (χ1n) is 8.36. The summed E-state index contributed by atoms with van der Waals surface area (Å²) in [7, 11) is 0. The van der Waals surface area contributed by atoms with Crippen LogP contribution in [0.25, 0.3) is 28.7 Å². The zero-order valence-electron chi connectivity index (χ0n) is 14.6. The smallest absolute Gasteiger partial charge is 0.268 e. The summed E-state index contributed by atoms with van der Waals surface area (Å²) in [5.74, 6) is 0.631. The number of nitriles is 1. The second-order valence-corrected chi connectivity index (χ2v) is 6.01. The Kier molecular flexibility index (Phi) is 4.33. The van der Waals surface area contributed by atoms with E-state index in [4.69, 9.17) is 4.52 Å². The number of allylic oxidation sites excluding steroid dienone is 1. The van der Waals surface area contributed by atoms with Crippen LogP contribution in [0.5, 0.6) is 0 Å². The highest BCUT2D eigenvalue weighted by Crippen LogP contribution is 2.21. The third-order valence-corrected chi connectivity index (χ3v) is 4.02. The van der Waals surface area contributed by atoms with Gasteiger partial charge in [0.25, 0.3) is 5.89 Å². The van der Waals surface area contributed by atoms with Gasteiger partial charge < -0.3 is 4.52 Å². The van der Waals surface area contributed by atoms with Gasteiger partial charge in [0.2, 0.25) is 5.82 Å². The van der Waals surface area contributed by atoms with Crippen LogP contribution in [-0.4, -0.2) is 19.9 Å². The molecule has 4 aromatic rings. The van der Waals surface area contributed by atoms with Gasteiger partial charge in [0.15, 0.2) is 0 Å². The number of hydrogen-bond donors (Lipinski definition) is 0. The monoisotopic (exact) mass is 353 g/mol. The predicted molar refractivity (Wildman–Crippen MR) is 102 cm³/mol. The van der Waals surface area contributed by atoms with Crippen molar-refractivity contribution >= 4 is 11.6 Å². The molecule has 130 valence electrons. The average molecular weight is 353 g/mol. The van der Waals surface area contributed by atoms with Gasteiger partial charge in [-0.1, -0.05) is 53.2 Å². The Morgan fingerprint density at radius 2 is 1.89 bits per heavy atom. The Labute approximate surface area is 156 Å².